The molecule has 0 aliphatic carbocycles. The van der Waals surface area contributed by atoms with E-state index in [4.69, 9.17) is 23.2 Å². The molecule has 0 amide bonds. The summed E-state index contributed by atoms with van der Waals surface area (Å²) >= 11 is 12.1. The van der Waals surface area contributed by atoms with Crippen molar-refractivity contribution in [1.29, 1.82) is 0 Å². The van der Waals surface area contributed by atoms with Crippen LogP contribution in [0, 0.1) is 5.92 Å². The van der Waals surface area contributed by atoms with Gasteiger partial charge in [0.1, 0.15) is 5.78 Å². The predicted octanol–water partition coefficient (Wildman–Crippen LogP) is 3.41. The molecule has 1 aromatic carbocycles. The average Bonchev–Trinajstić information content (AvgIpc) is 2.26. The van der Waals surface area contributed by atoms with E-state index in [1.165, 1.54) is 0 Å². The molecular weight excluding hydrogens is 245 g/mol. The first-order valence-electron chi connectivity index (χ1n) is 5.30. The molecule has 86 valence electrons. The predicted molar refractivity (Wildman–Crippen MR) is 67.5 cm³/mol. The van der Waals surface area contributed by atoms with Gasteiger partial charge in [-0.1, -0.05) is 30.1 Å². The van der Waals surface area contributed by atoms with Crippen molar-refractivity contribution in [3.05, 3.63) is 28.2 Å². The number of benzene rings is 1. The van der Waals surface area contributed by atoms with Crippen LogP contribution in [0.3, 0.4) is 0 Å². The molecule has 1 aromatic rings. The molecular formula is C12H13Cl2NO. The van der Waals surface area contributed by atoms with Crippen molar-refractivity contribution >= 4 is 34.7 Å². The molecule has 1 saturated heterocycles. The lowest BCUT2D eigenvalue weighted by atomic mass is 9.98. The molecule has 0 spiro atoms. The van der Waals surface area contributed by atoms with Crippen LogP contribution in [-0.2, 0) is 4.79 Å². The Kier molecular flexibility index (Phi) is 3.41. The lowest BCUT2D eigenvalue weighted by Crippen LogP contribution is -2.39. The lowest BCUT2D eigenvalue weighted by Gasteiger charge is -2.32. The van der Waals surface area contributed by atoms with Gasteiger partial charge in [-0.3, -0.25) is 4.79 Å². The normalized spacial score (nSPS) is 21.3. The summed E-state index contributed by atoms with van der Waals surface area (Å²) in [7, 11) is 0. The van der Waals surface area contributed by atoms with Gasteiger partial charge < -0.3 is 4.90 Å². The number of nitrogens with zero attached hydrogens (tertiary/aromatic N) is 1. The molecule has 0 saturated carbocycles. The number of carbonyl (C=O) groups excluding carboxylic acids is 1. The highest BCUT2D eigenvalue weighted by atomic mass is 35.5. The second-order valence-electron chi connectivity index (χ2n) is 4.16. The van der Waals surface area contributed by atoms with Gasteiger partial charge in [0, 0.05) is 30.5 Å². The van der Waals surface area contributed by atoms with Gasteiger partial charge >= 0.3 is 0 Å². The topological polar surface area (TPSA) is 20.3 Å². The van der Waals surface area contributed by atoms with E-state index in [2.05, 4.69) is 4.90 Å². The fourth-order valence-electron chi connectivity index (χ4n) is 1.96. The van der Waals surface area contributed by atoms with E-state index in [-0.39, 0.29) is 5.92 Å². The van der Waals surface area contributed by atoms with Crippen molar-refractivity contribution in [3.63, 3.8) is 0 Å². The van der Waals surface area contributed by atoms with E-state index in [1.54, 1.807) is 12.1 Å². The lowest BCUT2D eigenvalue weighted by molar-refractivity contribution is -0.122. The number of anilines is 1. The summed E-state index contributed by atoms with van der Waals surface area (Å²) in [5.41, 5.74) is 0.925. The maximum atomic E-state index is 11.4. The minimum absolute atomic E-state index is 0.0730. The van der Waals surface area contributed by atoms with Crippen molar-refractivity contribution in [2.24, 2.45) is 5.92 Å². The van der Waals surface area contributed by atoms with Crippen LogP contribution in [0.25, 0.3) is 0 Å². The average molecular weight is 258 g/mol. The van der Waals surface area contributed by atoms with Crippen LogP contribution in [-0.4, -0.2) is 18.9 Å². The summed E-state index contributed by atoms with van der Waals surface area (Å²) in [5.74, 6) is 0.401. The summed E-state index contributed by atoms with van der Waals surface area (Å²) in [5, 5.41) is 1.36. The molecule has 1 heterocycles. The third kappa shape index (κ3) is 2.33. The van der Waals surface area contributed by atoms with Gasteiger partial charge in [0.25, 0.3) is 0 Å². The SMILES string of the molecule is CC1CN(c2cc(Cl)ccc2Cl)CCC1=O. The van der Waals surface area contributed by atoms with Gasteiger partial charge in [0.2, 0.25) is 0 Å². The summed E-state index contributed by atoms with van der Waals surface area (Å²) in [6, 6.07) is 5.42. The van der Waals surface area contributed by atoms with Crippen molar-refractivity contribution in [2.45, 2.75) is 13.3 Å². The highest BCUT2D eigenvalue weighted by molar-refractivity contribution is 6.35. The molecule has 1 unspecified atom stereocenters. The number of carbonyl (C=O) groups is 1. The number of piperidine rings is 1. The van der Waals surface area contributed by atoms with Crippen molar-refractivity contribution in [1.82, 2.24) is 0 Å². The van der Waals surface area contributed by atoms with Crippen molar-refractivity contribution in [3.8, 4) is 0 Å². The monoisotopic (exact) mass is 257 g/mol. The molecule has 1 fully saturated rings. The van der Waals surface area contributed by atoms with Crippen molar-refractivity contribution in [2.75, 3.05) is 18.0 Å². The van der Waals surface area contributed by atoms with E-state index in [0.717, 1.165) is 18.8 Å². The number of ketones is 1. The minimum Gasteiger partial charge on any atom is -0.369 e. The van der Waals surface area contributed by atoms with E-state index >= 15 is 0 Å². The van der Waals surface area contributed by atoms with E-state index in [1.807, 2.05) is 13.0 Å². The third-order valence-electron chi connectivity index (χ3n) is 2.92. The molecule has 2 nitrogen and oxygen atoms in total. The highest BCUT2D eigenvalue weighted by Crippen LogP contribution is 2.31. The second kappa shape index (κ2) is 4.64. The Morgan fingerprint density at radius 1 is 1.38 bits per heavy atom. The van der Waals surface area contributed by atoms with Gasteiger partial charge in [0.05, 0.1) is 10.7 Å². The van der Waals surface area contributed by atoms with Gasteiger partial charge in [0.15, 0.2) is 0 Å². The van der Waals surface area contributed by atoms with Gasteiger partial charge in [-0.15, -0.1) is 0 Å². The number of rotatable bonds is 1. The molecule has 0 radical (unpaired) electrons. The fourth-order valence-corrected chi connectivity index (χ4v) is 2.37. The quantitative estimate of drug-likeness (QED) is 0.769. The van der Waals surface area contributed by atoms with Crippen molar-refractivity contribution < 1.29 is 4.79 Å². The molecule has 1 aliphatic heterocycles. The fraction of sp³-hybridized carbons (Fsp3) is 0.417. The molecule has 16 heavy (non-hydrogen) atoms. The van der Waals surface area contributed by atoms with Crippen LogP contribution in [0.1, 0.15) is 13.3 Å². The Hall–Kier alpha value is -0.730. The minimum atomic E-state index is 0.0730. The second-order valence-corrected chi connectivity index (χ2v) is 5.00. The molecule has 2 rings (SSSR count). The zero-order valence-corrected chi connectivity index (χ0v) is 10.6. The van der Waals surface area contributed by atoms with Crippen LogP contribution in [0.15, 0.2) is 18.2 Å². The standard InChI is InChI=1S/C12H13Cl2NO/c1-8-7-15(5-4-12(8)16)11-6-9(13)2-3-10(11)14/h2-3,6,8H,4-5,7H2,1H3. The van der Waals surface area contributed by atoms with Crippen LogP contribution in [0.4, 0.5) is 5.69 Å². The number of Topliss-reactive ketones (excluding diaryl/α,β-unsaturated/α-hetero) is 1. The summed E-state index contributed by atoms with van der Waals surface area (Å²) in [6.07, 6.45) is 0.587. The Balaban J connectivity index is 2.24. The van der Waals surface area contributed by atoms with Crippen LogP contribution < -0.4 is 4.90 Å². The number of hydrogen-bond acceptors (Lipinski definition) is 2. The van der Waals surface area contributed by atoms with Crippen LogP contribution >= 0.6 is 23.2 Å². The van der Waals surface area contributed by atoms with Gasteiger partial charge in [-0.2, -0.15) is 0 Å². The Morgan fingerprint density at radius 2 is 2.12 bits per heavy atom. The molecule has 1 atom stereocenters. The number of hydrogen-bond donors (Lipinski definition) is 0. The largest absolute Gasteiger partial charge is 0.369 e. The Labute approximate surface area is 105 Å². The first-order chi connectivity index (χ1) is 7.58. The highest BCUT2D eigenvalue weighted by Gasteiger charge is 2.24. The third-order valence-corrected chi connectivity index (χ3v) is 3.48. The first-order valence-corrected chi connectivity index (χ1v) is 6.06. The van der Waals surface area contributed by atoms with E-state index in [9.17, 15) is 4.79 Å². The summed E-state index contributed by atoms with van der Waals surface area (Å²) in [4.78, 5) is 13.6. The summed E-state index contributed by atoms with van der Waals surface area (Å²) < 4.78 is 0. The summed E-state index contributed by atoms with van der Waals surface area (Å²) in [6.45, 7) is 3.40. The molecule has 1 aliphatic rings. The molecule has 0 aromatic heterocycles. The molecule has 0 bridgehead atoms. The van der Waals surface area contributed by atoms with Crippen LogP contribution in [0.2, 0.25) is 10.0 Å². The zero-order valence-electron chi connectivity index (χ0n) is 9.04. The zero-order chi connectivity index (χ0) is 11.7. The first kappa shape index (κ1) is 11.7. The van der Waals surface area contributed by atoms with Crippen LogP contribution in [0.5, 0.6) is 0 Å². The van der Waals surface area contributed by atoms with Gasteiger partial charge in [-0.05, 0) is 18.2 Å². The number of halogens is 2. The van der Waals surface area contributed by atoms with E-state index in [0.29, 0.717) is 22.2 Å². The Morgan fingerprint density at radius 3 is 2.81 bits per heavy atom. The Bertz CT molecular complexity index is 419. The van der Waals surface area contributed by atoms with Gasteiger partial charge in [-0.25, -0.2) is 0 Å². The maximum Gasteiger partial charge on any atom is 0.139 e. The molecule has 0 N–H and O–H groups in total. The molecule has 4 heteroatoms. The van der Waals surface area contributed by atoms with E-state index < -0.39 is 0 Å². The smallest absolute Gasteiger partial charge is 0.139 e. The maximum absolute atomic E-state index is 11.4.